The van der Waals surface area contributed by atoms with Gasteiger partial charge in [-0.2, -0.15) is 0 Å². The second-order valence-electron chi connectivity index (χ2n) is 6.38. The average Bonchev–Trinajstić information content (AvgIpc) is 2.19. The Labute approximate surface area is 115 Å². The molecule has 0 bridgehead atoms. The van der Waals surface area contributed by atoms with Gasteiger partial charge in [-0.1, -0.05) is 51.1 Å². The minimum absolute atomic E-state index is 0.0307. The molecule has 0 saturated carbocycles. The van der Waals surface area contributed by atoms with Gasteiger partial charge in [0.2, 0.25) is 0 Å². The van der Waals surface area contributed by atoms with Crippen molar-refractivity contribution in [3.05, 3.63) is 0 Å². The molecule has 0 saturated heterocycles. The lowest BCUT2D eigenvalue weighted by Gasteiger charge is -2.10. The minimum atomic E-state index is -1.34. The van der Waals surface area contributed by atoms with Crippen molar-refractivity contribution < 1.29 is 0 Å². The summed E-state index contributed by atoms with van der Waals surface area (Å²) >= 11 is 0. The highest BCUT2D eigenvalue weighted by atomic mass is 28.3. The summed E-state index contributed by atoms with van der Waals surface area (Å²) < 4.78 is 0. The van der Waals surface area contributed by atoms with Crippen molar-refractivity contribution >= 4 is 16.1 Å². The smallest absolute Gasteiger partial charge is 0.130 e. The molecule has 0 unspecified atom stereocenters. The summed E-state index contributed by atoms with van der Waals surface area (Å²) in [6.07, 6.45) is 5.97. The Morgan fingerprint density at radius 2 is 1.39 bits per heavy atom. The Hall–Kier alpha value is -0.926. The molecule has 0 rings (SSSR count). The summed E-state index contributed by atoms with van der Waals surface area (Å²) in [6.45, 7) is 14.2. The summed E-state index contributed by atoms with van der Waals surface area (Å²) in [7, 11) is -2.68. The van der Waals surface area contributed by atoms with Crippen molar-refractivity contribution in [3.8, 4) is 35.3 Å². The van der Waals surface area contributed by atoms with Gasteiger partial charge in [-0.05, 0) is 0 Å². The molecule has 0 atom stereocenters. The molecule has 0 amide bonds. The summed E-state index contributed by atoms with van der Waals surface area (Å²) in [6, 6.07) is -0.0307. The van der Waals surface area contributed by atoms with Gasteiger partial charge in [0.1, 0.15) is 22.2 Å². The number of hydrogen-bond acceptors (Lipinski definition) is 1. The van der Waals surface area contributed by atoms with Gasteiger partial charge in [-0.3, -0.25) is 5.32 Å². The van der Waals surface area contributed by atoms with Crippen molar-refractivity contribution in [1.82, 2.24) is 5.32 Å². The summed E-state index contributed by atoms with van der Waals surface area (Å²) in [5.41, 5.74) is 6.75. The van der Waals surface area contributed by atoms with E-state index in [-0.39, 0.29) is 6.04 Å². The highest BCUT2D eigenvalue weighted by Crippen LogP contribution is 1.98. The van der Waals surface area contributed by atoms with Crippen molar-refractivity contribution in [2.75, 3.05) is 6.54 Å². The maximum atomic E-state index is 5.25. The van der Waals surface area contributed by atoms with E-state index >= 15 is 0 Å². The number of nitrogens with one attached hydrogen (secondary N) is 1. The molecule has 0 aliphatic rings. The third-order valence-corrected chi connectivity index (χ3v) is 3.59. The van der Waals surface area contributed by atoms with Gasteiger partial charge in [-0.15, -0.1) is 23.4 Å². The van der Waals surface area contributed by atoms with Crippen LogP contribution in [-0.4, -0.2) is 28.7 Å². The van der Waals surface area contributed by atoms with E-state index in [2.05, 4.69) is 73.4 Å². The van der Waals surface area contributed by atoms with Crippen LogP contribution in [-0.2, 0) is 0 Å². The first-order valence-electron chi connectivity index (χ1n) is 6.36. The first-order valence-corrected chi connectivity index (χ1v) is 13.4. The summed E-state index contributed by atoms with van der Waals surface area (Å²) in [5, 5.41) is 3.32. The molecule has 0 aliphatic heterocycles. The highest BCUT2D eigenvalue weighted by molar-refractivity contribution is 6.84. The van der Waals surface area contributed by atoms with E-state index in [1.165, 1.54) is 0 Å². The zero-order valence-electron chi connectivity index (χ0n) is 12.6. The summed E-state index contributed by atoms with van der Waals surface area (Å²) in [5.74, 6) is 9.17. The molecular weight excluding hydrogens is 250 g/mol. The standard InChI is InChI=1S/C15H25NSi2/c1-8-9-12-16-15(10-13-17(2,3)4)11-14-18(5,6)7/h1,15-16H,9,12H2,2-7H3. The first kappa shape index (κ1) is 17.1. The van der Waals surface area contributed by atoms with E-state index in [1.807, 2.05) is 0 Å². The van der Waals surface area contributed by atoms with E-state index in [4.69, 9.17) is 6.42 Å². The average molecular weight is 276 g/mol. The van der Waals surface area contributed by atoms with Crippen molar-refractivity contribution in [2.45, 2.75) is 51.7 Å². The van der Waals surface area contributed by atoms with Crippen molar-refractivity contribution in [3.63, 3.8) is 0 Å². The quantitative estimate of drug-likeness (QED) is 0.474. The van der Waals surface area contributed by atoms with Gasteiger partial charge in [0.25, 0.3) is 0 Å². The van der Waals surface area contributed by atoms with Gasteiger partial charge in [-0.25, -0.2) is 0 Å². The van der Waals surface area contributed by atoms with Crippen molar-refractivity contribution in [2.24, 2.45) is 0 Å². The largest absolute Gasteiger partial charge is 0.293 e. The number of rotatable bonds is 3. The van der Waals surface area contributed by atoms with E-state index in [1.54, 1.807) is 0 Å². The number of hydrogen-bond donors (Lipinski definition) is 1. The highest BCUT2D eigenvalue weighted by Gasteiger charge is 2.10. The molecule has 0 spiro atoms. The van der Waals surface area contributed by atoms with Crippen LogP contribution < -0.4 is 5.32 Å². The third-order valence-electron chi connectivity index (χ3n) is 1.80. The van der Waals surface area contributed by atoms with Gasteiger partial charge in [0.05, 0.1) is 0 Å². The Morgan fingerprint density at radius 1 is 0.944 bits per heavy atom. The second-order valence-corrected chi connectivity index (χ2v) is 15.9. The molecule has 3 heteroatoms. The minimum Gasteiger partial charge on any atom is -0.293 e. The maximum Gasteiger partial charge on any atom is 0.130 e. The zero-order valence-corrected chi connectivity index (χ0v) is 14.6. The SMILES string of the molecule is C#CCCNC(C#C[Si](C)(C)C)C#C[Si](C)(C)C. The third kappa shape index (κ3) is 11.6. The molecular formula is C15H25NSi2. The maximum absolute atomic E-state index is 5.25. The molecule has 0 heterocycles. The van der Waals surface area contributed by atoms with Gasteiger partial charge < -0.3 is 0 Å². The van der Waals surface area contributed by atoms with Gasteiger partial charge in [0, 0.05) is 13.0 Å². The molecule has 18 heavy (non-hydrogen) atoms. The van der Waals surface area contributed by atoms with E-state index in [0.29, 0.717) is 0 Å². The number of terminal acetylenes is 1. The lowest BCUT2D eigenvalue weighted by molar-refractivity contribution is 0.710. The second kappa shape index (κ2) is 7.50. The predicted molar refractivity (Wildman–Crippen MR) is 87.5 cm³/mol. The Kier molecular flexibility index (Phi) is 7.11. The monoisotopic (exact) mass is 275 g/mol. The van der Waals surface area contributed by atoms with Crippen LogP contribution in [0.5, 0.6) is 0 Å². The topological polar surface area (TPSA) is 12.0 Å². The van der Waals surface area contributed by atoms with Crippen LogP contribution in [0.2, 0.25) is 39.3 Å². The molecule has 0 fully saturated rings. The molecule has 0 radical (unpaired) electrons. The van der Waals surface area contributed by atoms with Gasteiger partial charge >= 0.3 is 0 Å². The predicted octanol–water partition coefficient (Wildman–Crippen LogP) is 2.73. The first-order chi connectivity index (χ1) is 8.14. The van der Waals surface area contributed by atoms with E-state index < -0.39 is 16.1 Å². The lowest BCUT2D eigenvalue weighted by Crippen LogP contribution is -2.29. The molecule has 0 aromatic carbocycles. The molecule has 1 nitrogen and oxygen atoms in total. The molecule has 1 N–H and O–H groups in total. The van der Waals surface area contributed by atoms with Crippen LogP contribution in [0.1, 0.15) is 6.42 Å². The van der Waals surface area contributed by atoms with E-state index in [0.717, 1.165) is 13.0 Å². The van der Waals surface area contributed by atoms with Crippen LogP contribution in [0.25, 0.3) is 0 Å². The lowest BCUT2D eigenvalue weighted by atomic mass is 10.3. The van der Waals surface area contributed by atoms with Crippen LogP contribution in [0.15, 0.2) is 0 Å². The van der Waals surface area contributed by atoms with Crippen LogP contribution in [0, 0.1) is 35.3 Å². The van der Waals surface area contributed by atoms with Crippen molar-refractivity contribution in [1.29, 1.82) is 0 Å². The fourth-order valence-corrected chi connectivity index (χ4v) is 2.16. The Balaban J connectivity index is 4.76. The molecule has 0 aromatic heterocycles. The zero-order chi connectivity index (χ0) is 14.2. The van der Waals surface area contributed by atoms with Crippen LogP contribution >= 0.6 is 0 Å². The van der Waals surface area contributed by atoms with Crippen LogP contribution in [0.3, 0.4) is 0 Å². The summed E-state index contributed by atoms with van der Waals surface area (Å²) in [4.78, 5) is 0. The molecule has 0 aliphatic carbocycles. The fourth-order valence-electron chi connectivity index (χ4n) is 1.00. The fraction of sp³-hybridized carbons (Fsp3) is 0.600. The van der Waals surface area contributed by atoms with E-state index in [9.17, 15) is 0 Å². The normalized spacial score (nSPS) is 11.0. The Bertz CT molecular complexity index is 378. The van der Waals surface area contributed by atoms with Crippen LogP contribution in [0.4, 0.5) is 0 Å². The van der Waals surface area contributed by atoms with Gasteiger partial charge in [0.15, 0.2) is 0 Å². The Morgan fingerprint density at radius 3 is 1.72 bits per heavy atom. The molecule has 0 aromatic rings. The molecule has 98 valence electrons.